The van der Waals surface area contributed by atoms with E-state index in [2.05, 4.69) is 10.6 Å². The van der Waals surface area contributed by atoms with Crippen molar-refractivity contribution in [2.24, 2.45) is 0 Å². The summed E-state index contributed by atoms with van der Waals surface area (Å²) < 4.78 is 5.65. The highest BCUT2D eigenvalue weighted by Gasteiger charge is 2.09. The van der Waals surface area contributed by atoms with Crippen LogP contribution in [-0.2, 0) is 12.3 Å². The highest BCUT2D eigenvalue weighted by Crippen LogP contribution is 2.16. The first-order valence-corrected chi connectivity index (χ1v) is 7.84. The van der Waals surface area contributed by atoms with Crippen molar-refractivity contribution in [2.75, 3.05) is 26.9 Å². The van der Waals surface area contributed by atoms with Gasteiger partial charge in [0.25, 0.3) is 6.20 Å². The van der Waals surface area contributed by atoms with Gasteiger partial charge in [-0.2, -0.15) is 0 Å². The topological polar surface area (TPSA) is 104 Å². The lowest BCUT2D eigenvalue weighted by molar-refractivity contribution is -0.404. The molecule has 0 bridgehead atoms. The van der Waals surface area contributed by atoms with Gasteiger partial charge in [0.2, 0.25) is 0 Å². The summed E-state index contributed by atoms with van der Waals surface area (Å²) >= 11 is 1.47. The molecule has 8 nitrogen and oxygen atoms in total. The van der Waals surface area contributed by atoms with E-state index in [9.17, 15) is 15.2 Å². The number of aliphatic hydroxyl groups is 1. The number of thioether (sulfide) groups is 1. The van der Waals surface area contributed by atoms with Gasteiger partial charge in [0.15, 0.2) is 5.82 Å². The van der Waals surface area contributed by atoms with Crippen LogP contribution in [-0.4, -0.2) is 48.1 Å². The van der Waals surface area contributed by atoms with Gasteiger partial charge in [-0.05, 0) is 26.2 Å². The lowest BCUT2D eigenvalue weighted by Gasteiger charge is -2.14. The van der Waals surface area contributed by atoms with Crippen molar-refractivity contribution in [3.05, 3.63) is 45.8 Å². The number of nitrogens with zero attached hydrogens (tertiary/aromatic N) is 2. The Morgan fingerprint density at radius 1 is 1.55 bits per heavy atom. The largest absolute Gasteiger partial charge is 0.464 e. The van der Waals surface area contributed by atoms with E-state index in [1.54, 1.807) is 0 Å². The Bertz CT molecular complexity index is 504. The molecule has 3 N–H and O–H groups in total. The number of nitro groups is 1. The first-order chi connectivity index (χ1) is 10.4. The van der Waals surface area contributed by atoms with Crippen molar-refractivity contribution in [2.45, 2.75) is 18.5 Å². The fourth-order valence-corrected chi connectivity index (χ4v) is 2.45. The normalized spacial score (nSPS) is 13.2. The Balaban J connectivity index is 2.34. The zero-order valence-corrected chi connectivity index (χ0v) is 13.7. The van der Waals surface area contributed by atoms with Crippen molar-refractivity contribution in [3.63, 3.8) is 0 Å². The molecule has 0 aromatic carbocycles. The molecule has 0 saturated heterocycles. The number of furan rings is 1. The van der Waals surface area contributed by atoms with Crippen LogP contribution in [0.5, 0.6) is 0 Å². The molecule has 1 unspecified atom stereocenters. The van der Waals surface area contributed by atoms with Gasteiger partial charge in [-0.25, -0.2) is 0 Å². The van der Waals surface area contributed by atoms with E-state index in [-0.39, 0.29) is 5.82 Å². The molecule has 1 aromatic rings. The van der Waals surface area contributed by atoms with Gasteiger partial charge in [0.1, 0.15) is 17.7 Å². The quantitative estimate of drug-likeness (QED) is 0.328. The maximum Gasteiger partial charge on any atom is 0.274 e. The summed E-state index contributed by atoms with van der Waals surface area (Å²) in [6.07, 6.45) is -0.117. The van der Waals surface area contributed by atoms with Crippen LogP contribution in [0.2, 0.25) is 0 Å². The first kappa shape index (κ1) is 18.3. The molecule has 0 fully saturated rings. The molecule has 0 radical (unpaired) electrons. The molecule has 124 valence electrons. The summed E-state index contributed by atoms with van der Waals surface area (Å²) in [6.45, 7) is 0.742. The molecule has 9 heteroatoms. The molecule has 0 aliphatic rings. The van der Waals surface area contributed by atoms with Crippen LogP contribution >= 0.6 is 11.8 Å². The minimum absolute atomic E-state index is 0.157. The van der Waals surface area contributed by atoms with Gasteiger partial charge >= 0.3 is 0 Å². The molecule has 1 heterocycles. The van der Waals surface area contributed by atoms with Crippen molar-refractivity contribution >= 4 is 11.8 Å². The predicted molar refractivity (Wildman–Crippen MR) is 85.5 cm³/mol. The maximum atomic E-state index is 10.4. The smallest absolute Gasteiger partial charge is 0.274 e. The van der Waals surface area contributed by atoms with Crippen LogP contribution < -0.4 is 10.6 Å². The Labute approximate surface area is 133 Å². The molecule has 1 aromatic heterocycles. The summed E-state index contributed by atoms with van der Waals surface area (Å²) in [5, 5.41) is 25.4. The minimum Gasteiger partial charge on any atom is -0.464 e. The van der Waals surface area contributed by atoms with E-state index in [0.29, 0.717) is 11.5 Å². The summed E-state index contributed by atoms with van der Waals surface area (Å²) in [4.78, 5) is 11.8. The fraction of sp³-hybridized carbons (Fsp3) is 0.538. The number of hydrogen-bond donors (Lipinski definition) is 3. The molecule has 0 aliphatic heterocycles. The van der Waals surface area contributed by atoms with E-state index < -0.39 is 11.2 Å². The monoisotopic (exact) mass is 330 g/mol. The van der Waals surface area contributed by atoms with Gasteiger partial charge in [-0.3, -0.25) is 10.1 Å². The highest BCUT2D eigenvalue weighted by atomic mass is 32.2. The molecule has 0 aliphatic carbocycles. The van der Waals surface area contributed by atoms with Gasteiger partial charge in [-0.15, -0.1) is 11.8 Å². The van der Waals surface area contributed by atoms with Crippen molar-refractivity contribution < 1.29 is 14.4 Å². The molecular formula is C13H22N4O4S. The molecule has 1 atom stereocenters. The Morgan fingerprint density at radius 3 is 2.82 bits per heavy atom. The lowest BCUT2D eigenvalue weighted by Crippen LogP contribution is -2.35. The van der Waals surface area contributed by atoms with Gasteiger partial charge in [-0.1, -0.05) is 0 Å². The average molecular weight is 330 g/mol. The second-order valence-electron chi connectivity index (χ2n) is 4.86. The van der Waals surface area contributed by atoms with Crippen LogP contribution in [0.15, 0.2) is 28.6 Å². The third-order valence-corrected chi connectivity index (χ3v) is 3.58. The van der Waals surface area contributed by atoms with Gasteiger partial charge in [0, 0.05) is 12.8 Å². The third-order valence-electron chi connectivity index (χ3n) is 2.54. The second kappa shape index (κ2) is 9.34. The van der Waals surface area contributed by atoms with Crippen LogP contribution in [0.3, 0.4) is 0 Å². The molecule has 0 saturated carbocycles. The van der Waals surface area contributed by atoms with Crippen molar-refractivity contribution in [3.8, 4) is 0 Å². The minimum atomic E-state index is -0.889. The molecule has 1 rings (SSSR count). The molecular weight excluding hydrogens is 308 g/mol. The molecule has 22 heavy (non-hydrogen) atoms. The number of hydrogen-bond acceptors (Lipinski definition) is 8. The molecule has 0 amide bonds. The van der Waals surface area contributed by atoms with Crippen LogP contribution in [0.25, 0.3) is 0 Å². The standard InChI is InChI=1S/C13H22N4O4S/c1-14-12(7-17(19)20)15-13(18)9-22-8-11-5-4-10(21-11)6-16(2)3/h4-5,7,13-15,18H,6,8-9H2,1-3H3. The fourth-order valence-electron chi connectivity index (χ4n) is 1.67. The van der Waals surface area contributed by atoms with Gasteiger partial charge in [0.05, 0.1) is 17.2 Å². The van der Waals surface area contributed by atoms with E-state index in [4.69, 9.17) is 4.42 Å². The Morgan fingerprint density at radius 2 is 2.23 bits per heavy atom. The van der Waals surface area contributed by atoms with E-state index >= 15 is 0 Å². The van der Waals surface area contributed by atoms with Crippen molar-refractivity contribution in [1.29, 1.82) is 0 Å². The van der Waals surface area contributed by atoms with Crippen molar-refractivity contribution in [1.82, 2.24) is 15.5 Å². The first-order valence-electron chi connectivity index (χ1n) is 6.68. The Hall–Kier alpha value is -1.71. The average Bonchev–Trinajstić information content (AvgIpc) is 2.84. The maximum absolute atomic E-state index is 10.4. The molecule has 0 spiro atoms. The lowest BCUT2D eigenvalue weighted by atomic mass is 10.4. The van der Waals surface area contributed by atoms with Crippen LogP contribution in [0.4, 0.5) is 0 Å². The van der Waals surface area contributed by atoms with E-state index in [1.165, 1.54) is 18.8 Å². The van der Waals surface area contributed by atoms with Crippen LogP contribution in [0, 0.1) is 10.1 Å². The third kappa shape index (κ3) is 7.34. The SMILES string of the molecule is CNC(=C[N+](=O)[O-])NC(O)CSCc1ccc(CN(C)C)o1. The highest BCUT2D eigenvalue weighted by molar-refractivity contribution is 7.98. The summed E-state index contributed by atoms with van der Waals surface area (Å²) in [5.74, 6) is 2.89. The number of aliphatic hydroxyl groups excluding tert-OH is 1. The Kier molecular flexibility index (Phi) is 7.78. The van der Waals surface area contributed by atoms with Crippen LogP contribution in [0.1, 0.15) is 11.5 Å². The second-order valence-corrected chi connectivity index (χ2v) is 5.89. The predicted octanol–water partition coefficient (Wildman–Crippen LogP) is 0.777. The van der Waals surface area contributed by atoms with E-state index in [0.717, 1.165) is 24.3 Å². The zero-order valence-electron chi connectivity index (χ0n) is 12.9. The number of rotatable bonds is 10. The zero-order chi connectivity index (χ0) is 16.5. The number of nitrogens with one attached hydrogen (secondary N) is 2. The van der Waals surface area contributed by atoms with Gasteiger partial charge < -0.3 is 25.1 Å². The van der Waals surface area contributed by atoms with E-state index in [1.807, 2.05) is 31.1 Å². The summed E-state index contributed by atoms with van der Waals surface area (Å²) in [7, 11) is 5.48. The summed E-state index contributed by atoms with van der Waals surface area (Å²) in [5.41, 5.74) is 0. The summed E-state index contributed by atoms with van der Waals surface area (Å²) in [6, 6.07) is 3.85.